The van der Waals surface area contributed by atoms with E-state index in [2.05, 4.69) is 25.1 Å². The van der Waals surface area contributed by atoms with Gasteiger partial charge in [-0.15, -0.1) is 0 Å². The number of benzene rings is 1. The topological polar surface area (TPSA) is 106 Å². The third-order valence-electron chi connectivity index (χ3n) is 3.45. The summed E-state index contributed by atoms with van der Waals surface area (Å²) in [5.74, 6) is -0.895. The van der Waals surface area contributed by atoms with Crippen LogP contribution in [0.15, 0.2) is 42.9 Å². The molecule has 0 aliphatic rings. The number of nitrogens with zero attached hydrogens (tertiary/aromatic N) is 5. The van der Waals surface area contributed by atoms with Crippen LogP contribution in [0, 0.1) is 17.1 Å². The Hall–Kier alpha value is -3.80. The molecule has 0 spiro atoms. The molecule has 0 aliphatic heterocycles. The lowest BCUT2D eigenvalue weighted by atomic mass is 10.1. The molecular formula is C17H13FN6O2. The molecule has 0 aliphatic carbocycles. The second-order valence-corrected chi connectivity index (χ2v) is 5.17. The maximum Gasteiger partial charge on any atom is 0.337 e. The highest BCUT2D eigenvalue weighted by molar-refractivity contribution is 5.89. The molecule has 0 bridgehead atoms. The zero-order valence-electron chi connectivity index (χ0n) is 13.7. The fraction of sp³-hybridized carbons (Fsp3) is 0.118. The van der Waals surface area contributed by atoms with Gasteiger partial charge in [0.1, 0.15) is 12.2 Å². The van der Waals surface area contributed by atoms with Gasteiger partial charge >= 0.3 is 5.97 Å². The van der Waals surface area contributed by atoms with E-state index in [0.29, 0.717) is 16.8 Å². The monoisotopic (exact) mass is 352 g/mol. The fourth-order valence-electron chi connectivity index (χ4n) is 2.23. The number of aromatic nitrogens is 4. The number of anilines is 2. The Morgan fingerprint density at radius 3 is 2.81 bits per heavy atom. The van der Waals surface area contributed by atoms with Crippen molar-refractivity contribution in [2.75, 3.05) is 12.4 Å². The van der Waals surface area contributed by atoms with Gasteiger partial charge in [0.05, 0.1) is 36.8 Å². The van der Waals surface area contributed by atoms with Gasteiger partial charge in [-0.3, -0.25) is 4.68 Å². The maximum absolute atomic E-state index is 14.1. The van der Waals surface area contributed by atoms with Crippen LogP contribution in [-0.4, -0.2) is 32.8 Å². The summed E-state index contributed by atoms with van der Waals surface area (Å²) in [7, 11) is 1.29. The SMILES string of the molecule is COC(=O)c1ccc(-c2nc(Nc3cnn(CC#N)c3)ncc2F)cc1. The average molecular weight is 352 g/mol. The molecule has 0 radical (unpaired) electrons. The van der Waals surface area contributed by atoms with E-state index in [4.69, 9.17) is 5.26 Å². The number of rotatable bonds is 5. The Labute approximate surface area is 147 Å². The Balaban J connectivity index is 1.85. The van der Waals surface area contributed by atoms with Crippen molar-refractivity contribution in [1.29, 1.82) is 5.26 Å². The van der Waals surface area contributed by atoms with Gasteiger partial charge in [-0.1, -0.05) is 12.1 Å². The molecule has 3 aromatic rings. The van der Waals surface area contributed by atoms with E-state index in [1.807, 2.05) is 6.07 Å². The van der Waals surface area contributed by atoms with Crippen LogP contribution in [0.3, 0.4) is 0 Å². The molecule has 26 heavy (non-hydrogen) atoms. The Bertz CT molecular complexity index is 978. The van der Waals surface area contributed by atoms with Gasteiger partial charge in [0.15, 0.2) is 5.82 Å². The van der Waals surface area contributed by atoms with Gasteiger partial charge < -0.3 is 10.1 Å². The Morgan fingerprint density at radius 2 is 2.12 bits per heavy atom. The van der Waals surface area contributed by atoms with E-state index in [0.717, 1.165) is 6.20 Å². The average Bonchev–Trinajstić information content (AvgIpc) is 3.10. The number of nitriles is 1. The summed E-state index contributed by atoms with van der Waals surface area (Å²) in [6.45, 7) is 0.115. The van der Waals surface area contributed by atoms with Crippen molar-refractivity contribution in [3.05, 3.63) is 54.2 Å². The van der Waals surface area contributed by atoms with E-state index in [-0.39, 0.29) is 18.2 Å². The number of carbonyl (C=O) groups is 1. The van der Waals surface area contributed by atoms with Crippen molar-refractivity contribution >= 4 is 17.6 Å². The summed E-state index contributed by atoms with van der Waals surface area (Å²) >= 11 is 0. The van der Waals surface area contributed by atoms with Gasteiger partial charge in [-0.25, -0.2) is 19.2 Å². The molecule has 9 heteroatoms. The second kappa shape index (κ2) is 7.40. The minimum atomic E-state index is -0.596. The number of carbonyl (C=O) groups excluding carboxylic acids is 1. The van der Waals surface area contributed by atoms with Crippen molar-refractivity contribution in [1.82, 2.24) is 19.7 Å². The van der Waals surface area contributed by atoms with Crippen molar-refractivity contribution in [3.8, 4) is 17.3 Å². The molecule has 2 aromatic heterocycles. The van der Waals surface area contributed by atoms with Crippen LogP contribution in [0.1, 0.15) is 10.4 Å². The molecule has 1 aromatic carbocycles. The lowest BCUT2D eigenvalue weighted by Gasteiger charge is -2.07. The predicted octanol–water partition coefficient (Wildman–Crippen LogP) is 2.53. The van der Waals surface area contributed by atoms with E-state index in [9.17, 15) is 9.18 Å². The van der Waals surface area contributed by atoms with Crippen LogP contribution in [0.5, 0.6) is 0 Å². The number of esters is 1. The van der Waals surface area contributed by atoms with Gasteiger partial charge in [-0.05, 0) is 12.1 Å². The van der Waals surface area contributed by atoms with Gasteiger partial charge in [0.25, 0.3) is 0 Å². The Kier molecular flexibility index (Phi) is 4.85. The first-order chi connectivity index (χ1) is 12.6. The fourth-order valence-corrected chi connectivity index (χ4v) is 2.23. The number of nitrogens with one attached hydrogen (secondary N) is 1. The van der Waals surface area contributed by atoms with Crippen LogP contribution >= 0.6 is 0 Å². The molecule has 130 valence electrons. The van der Waals surface area contributed by atoms with Crippen LogP contribution in [-0.2, 0) is 11.3 Å². The molecule has 0 fully saturated rings. The summed E-state index contributed by atoms with van der Waals surface area (Å²) in [6, 6.07) is 8.19. The van der Waals surface area contributed by atoms with Crippen molar-refractivity contribution < 1.29 is 13.9 Å². The molecule has 3 rings (SSSR count). The minimum Gasteiger partial charge on any atom is -0.465 e. The summed E-state index contributed by atoms with van der Waals surface area (Å²) in [6.07, 6.45) is 4.17. The van der Waals surface area contributed by atoms with E-state index >= 15 is 0 Å². The van der Waals surface area contributed by atoms with Crippen LogP contribution in [0.4, 0.5) is 16.0 Å². The number of halogens is 1. The maximum atomic E-state index is 14.1. The van der Waals surface area contributed by atoms with E-state index in [1.54, 1.807) is 18.3 Å². The predicted molar refractivity (Wildman–Crippen MR) is 89.9 cm³/mol. The van der Waals surface area contributed by atoms with Crippen LogP contribution < -0.4 is 5.32 Å². The first kappa shape index (κ1) is 17.0. The van der Waals surface area contributed by atoms with Crippen molar-refractivity contribution in [2.24, 2.45) is 0 Å². The molecule has 0 amide bonds. The first-order valence-electron chi connectivity index (χ1n) is 7.48. The molecule has 2 heterocycles. The van der Waals surface area contributed by atoms with Crippen LogP contribution in [0.25, 0.3) is 11.3 Å². The highest BCUT2D eigenvalue weighted by Gasteiger charge is 2.12. The first-order valence-corrected chi connectivity index (χ1v) is 7.48. The molecule has 0 atom stereocenters. The minimum absolute atomic E-state index is 0.0864. The smallest absolute Gasteiger partial charge is 0.337 e. The van der Waals surface area contributed by atoms with E-state index < -0.39 is 11.8 Å². The molecular weight excluding hydrogens is 339 g/mol. The van der Waals surface area contributed by atoms with Gasteiger partial charge in [0.2, 0.25) is 5.95 Å². The highest BCUT2D eigenvalue weighted by Crippen LogP contribution is 2.23. The third kappa shape index (κ3) is 3.64. The van der Waals surface area contributed by atoms with Gasteiger partial charge in [0, 0.05) is 11.8 Å². The zero-order chi connectivity index (χ0) is 18.5. The molecule has 1 N–H and O–H groups in total. The van der Waals surface area contributed by atoms with E-state index in [1.165, 1.54) is 30.1 Å². The summed E-state index contributed by atoms with van der Waals surface area (Å²) in [5, 5.41) is 15.6. The number of ether oxygens (including phenoxy) is 1. The zero-order valence-corrected chi connectivity index (χ0v) is 13.7. The Morgan fingerprint density at radius 1 is 1.35 bits per heavy atom. The highest BCUT2D eigenvalue weighted by atomic mass is 19.1. The quantitative estimate of drug-likeness (QED) is 0.703. The van der Waals surface area contributed by atoms with Crippen molar-refractivity contribution in [3.63, 3.8) is 0 Å². The third-order valence-corrected chi connectivity index (χ3v) is 3.45. The second-order valence-electron chi connectivity index (χ2n) is 5.17. The number of methoxy groups -OCH3 is 1. The molecule has 0 saturated carbocycles. The molecule has 8 nitrogen and oxygen atoms in total. The lowest BCUT2D eigenvalue weighted by Crippen LogP contribution is -2.02. The van der Waals surface area contributed by atoms with Crippen LogP contribution in [0.2, 0.25) is 0 Å². The molecule has 0 unspecified atom stereocenters. The van der Waals surface area contributed by atoms with Crippen molar-refractivity contribution in [2.45, 2.75) is 6.54 Å². The standard InChI is InChI=1S/C17H13FN6O2/c1-26-16(25)12-4-2-11(3-5-12)15-14(18)9-20-17(23-15)22-13-8-21-24(10-13)7-6-19/h2-5,8-10H,7H2,1H3,(H,20,22,23). The summed E-state index contributed by atoms with van der Waals surface area (Å²) in [5.41, 5.74) is 1.50. The summed E-state index contributed by atoms with van der Waals surface area (Å²) < 4.78 is 20.2. The number of hydrogen-bond donors (Lipinski definition) is 1. The number of hydrogen-bond acceptors (Lipinski definition) is 7. The summed E-state index contributed by atoms with van der Waals surface area (Å²) in [4.78, 5) is 19.5. The largest absolute Gasteiger partial charge is 0.465 e. The van der Waals surface area contributed by atoms with Gasteiger partial charge in [-0.2, -0.15) is 10.4 Å². The normalized spacial score (nSPS) is 10.2. The lowest BCUT2D eigenvalue weighted by molar-refractivity contribution is 0.0601. The molecule has 0 saturated heterocycles.